The number of nitro benzene ring substituents is 1. The van der Waals surface area contributed by atoms with Crippen LogP contribution in [0.3, 0.4) is 0 Å². The highest BCUT2D eigenvalue weighted by atomic mass is 32.2. The quantitative estimate of drug-likeness (QED) is 0.264. The van der Waals surface area contributed by atoms with Gasteiger partial charge in [-0.15, -0.1) is 10.2 Å². The van der Waals surface area contributed by atoms with Gasteiger partial charge in [0.25, 0.3) is 15.8 Å². The Morgan fingerprint density at radius 3 is 2.30 bits per heavy atom. The molecule has 0 radical (unpaired) electrons. The van der Waals surface area contributed by atoms with E-state index in [-0.39, 0.29) is 33.5 Å². The highest BCUT2D eigenvalue weighted by Gasteiger charge is 2.14. The third kappa shape index (κ3) is 3.68. The minimum atomic E-state index is -4.40. The zero-order valence-corrected chi connectivity index (χ0v) is 14.2. The van der Waals surface area contributed by atoms with Gasteiger partial charge in [0, 0.05) is 17.5 Å². The second-order valence-corrected chi connectivity index (χ2v) is 6.84. The molecule has 0 amide bonds. The molecule has 0 aromatic heterocycles. The molecule has 0 unspecified atom stereocenters. The van der Waals surface area contributed by atoms with Crippen molar-refractivity contribution < 1.29 is 28.1 Å². The third-order valence-corrected chi connectivity index (χ3v) is 4.52. The van der Waals surface area contributed by atoms with E-state index in [1.165, 1.54) is 24.3 Å². The van der Waals surface area contributed by atoms with E-state index in [0.717, 1.165) is 24.3 Å². The summed E-state index contributed by atoms with van der Waals surface area (Å²) in [5, 5.41) is 38.9. The lowest BCUT2D eigenvalue weighted by atomic mass is 10.1. The lowest BCUT2D eigenvalue weighted by molar-refractivity contribution is -0.384. The Morgan fingerprint density at radius 2 is 1.63 bits per heavy atom. The number of nitro groups is 1. The fourth-order valence-electron chi connectivity index (χ4n) is 2.35. The van der Waals surface area contributed by atoms with Crippen LogP contribution in [0.25, 0.3) is 10.8 Å². The maximum Gasteiger partial charge on any atom is 0.294 e. The van der Waals surface area contributed by atoms with Crippen LogP contribution < -0.4 is 0 Å². The normalized spacial score (nSPS) is 11.9. The SMILES string of the molecule is O=[N+]([O-])c1ccc(O)c(N=Nc2c(O)ccc3cc(S(=O)(=O)O)ccc23)c1. The van der Waals surface area contributed by atoms with Crippen LogP contribution in [0.2, 0.25) is 0 Å². The van der Waals surface area contributed by atoms with E-state index in [2.05, 4.69) is 10.2 Å². The molecule has 3 aromatic carbocycles. The van der Waals surface area contributed by atoms with Gasteiger partial charge in [0.1, 0.15) is 22.9 Å². The molecule has 3 aromatic rings. The van der Waals surface area contributed by atoms with Crippen LogP contribution in [0.5, 0.6) is 11.5 Å². The van der Waals surface area contributed by atoms with Crippen LogP contribution in [-0.4, -0.2) is 28.1 Å². The first-order valence-electron chi connectivity index (χ1n) is 7.29. The van der Waals surface area contributed by atoms with Crippen molar-refractivity contribution in [2.75, 3.05) is 0 Å². The molecule has 10 nitrogen and oxygen atoms in total. The molecule has 0 atom stereocenters. The average Bonchev–Trinajstić information content (AvgIpc) is 2.60. The second-order valence-electron chi connectivity index (χ2n) is 5.42. The number of benzene rings is 3. The van der Waals surface area contributed by atoms with Crippen molar-refractivity contribution in [1.29, 1.82) is 0 Å². The summed E-state index contributed by atoms with van der Waals surface area (Å²) in [6.07, 6.45) is 0. The summed E-state index contributed by atoms with van der Waals surface area (Å²) in [4.78, 5) is 9.83. The van der Waals surface area contributed by atoms with Crippen molar-refractivity contribution in [3.05, 3.63) is 58.6 Å². The Labute approximate surface area is 151 Å². The molecule has 0 heterocycles. The molecule has 11 heteroatoms. The molecular formula is C16H11N3O7S. The molecule has 27 heavy (non-hydrogen) atoms. The summed E-state index contributed by atoms with van der Waals surface area (Å²) in [7, 11) is -4.40. The van der Waals surface area contributed by atoms with Crippen molar-refractivity contribution in [3.63, 3.8) is 0 Å². The van der Waals surface area contributed by atoms with Gasteiger partial charge in [-0.3, -0.25) is 14.7 Å². The summed E-state index contributed by atoms with van der Waals surface area (Å²) in [5.74, 6) is -0.631. The topological polar surface area (TPSA) is 163 Å². The first-order chi connectivity index (χ1) is 12.7. The highest BCUT2D eigenvalue weighted by Crippen LogP contribution is 2.38. The number of nitrogens with zero attached hydrogens (tertiary/aromatic N) is 3. The van der Waals surface area contributed by atoms with Gasteiger partial charge in [0.2, 0.25) is 0 Å². The standard InChI is InChI=1S/C16H11N3O7S/c20-14-6-2-10(19(22)23)8-13(14)17-18-16-12-4-3-11(27(24,25)26)7-9(12)1-5-15(16)21/h1-8,20-21H,(H,24,25,26). The van der Waals surface area contributed by atoms with Crippen LogP contribution in [0, 0.1) is 10.1 Å². The lowest BCUT2D eigenvalue weighted by Gasteiger charge is -2.06. The first-order valence-corrected chi connectivity index (χ1v) is 8.73. The van der Waals surface area contributed by atoms with E-state index in [1.807, 2.05) is 0 Å². The fourth-order valence-corrected chi connectivity index (χ4v) is 2.87. The average molecular weight is 389 g/mol. The van der Waals surface area contributed by atoms with Crippen LogP contribution in [0.15, 0.2) is 63.7 Å². The first kappa shape index (κ1) is 18.2. The van der Waals surface area contributed by atoms with Gasteiger partial charge in [0.05, 0.1) is 9.82 Å². The number of hydrogen-bond acceptors (Lipinski definition) is 8. The zero-order valence-electron chi connectivity index (χ0n) is 13.3. The van der Waals surface area contributed by atoms with Gasteiger partial charge in [-0.05, 0) is 29.7 Å². The van der Waals surface area contributed by atoms with E-state index in [0.29, 0.717) is 10.8 Å². The Balaban J connectivity index is 2.12. The highest BCUT2D eigenvalue weighted by molar-refractivity contribution is 7.85. The molecule has 3 rings (SSSR count). The molecule has 0 aliphatic rings. The van der Waals surface area contributed by atoms with Gasteiger partial charge in [-0.1, -0.05) is 12.1 Å². The van der Waals surface area contributed by atoms with Gasteiger partial charge >= 0.3 is 0 Å². The largest absolute Gasteiger partial charge is 0.506 e. The minimum Gasteiger partial charge on any atom is -0.506 e. The Kier molecular flexibility index (Phi) is 4.47. The van der Waals surface area contributed by atoms with E-state index < -0.39 is 15.0 Å². The van der Waals surface area contributed by atoms with Crippen molar-refractivity contribution in [2.45, 2.75) is 4.90 Å². The Morgan fingerprint density at radius 1 is 0.926 bits per heavy atom. The zero-order chi connectivity index (χ0) is 19.8. The molecular weight excluding hydrogens is 378 g/mol. The Hall–Kier alpha value is -3.57. The van der Waals surface area contributed by atoms with Gasteiger partial charge in [-0.25, -0.2) is 0 Å². The number of fused-ring (bicyclic) bond motifs is 1. The molecule has 0 bridgehead atoms. The number of azo groups is 1. The van der Waals surface area contributed by atoms with Gasteiger partial charge < -0.3 is 10.2 Å². The van der Waals surface area contributed by atoms with Crippen LogP contribution >= 0.6 is 0 Å². The summed E-state index contributed by atoms with van der Waals surface area (Å²) in [5.41, 5.74) is -0.530. The van der Waals surface area contributed by atoms with Crippen LogP contribution in [0.4, 0.5) is 17.1 Å². The third-order valence-electron chi connectivity index (χ3n) is 3.67. The van der Waals surface area contributed by atoms with Crippen molar-refractivity contribution in [2.24, 2.45) is 10.2 Å². The summed E-state index contributed by atoms with van der Waals surface area (Å²) in [6.45, 7) is 0. The monoisotopic (exact) mass is 389 g/mol. The van der Waals surface area contributed by atoms with Crippen molar-refractivity contribution >= 4 is 38.0 Å². The van der Waals surface area contributed by atoms with E-state index in [1.54, 1.807) is 0 Å². The minimum absolute atomic E-state index is 0.0414. The molecule has 0 saturated carbocycles. The number of phenols is 2. The van der Waals surface area contributed by atoms with Crippen LogP contribution in [0.1, 0.15) is 0 Å². The summed E-state index contributed by atoms with van der Waals surface area (Å²) < 4.78 is 31.6. The molecule has 138 valence electrons. The number of aromatic hydroxyl groups is 2. The second kappa shape index (κ2) is 6.63. The number of rotatable bonds is 4. The van der Waals surface area contributed by atoms with Crippen molar-refractivity contribution in [3.8, 4) is 11.5 Å². The fraction of sp³-hybridized carbons (Fsp3) is 0. The smallest absolute Gasteiger partial charge is 0.294 e. The molecule has 0 fully saturated rings. The predicted molar refractivity (Wildman–Crippen MR) is 94.4 cm³/mol. The molecule has 3 N–H and O–H groups in total. The summed E-state index contributed by atoms with van der Waals surface area (Å²) in [6, 6.07) is 9.50. The lowest BCUT2D eigenvalue weighted by Crippen LogP contribution is -1.97. The van der Waals surface area contributed by atoms with E-state index >= 15 is 0 Å². The predicted octanol–water partition coefficient (Wildman–Crippen LogP) is 3.82. The Bertz CT molecular complexity index is 1210. The maximum atomic E-state index is 11.2. The maximum absolute atomic E-state index is 11.2. The molecule has 0 spiro atoms. The molecule has 0 saturated heterocycles. The van der Waals surface area contributed by atoms with Crippen LogP contribution in [-0.2, 0) is 10.1 Å². The molecule has 0 aliphatic carbocycles. The van der Waals surface area contributed by atoms with E-state index in [9.17, 15) is 28.7 Å². The number of phenolic OH excluding ortho intramolecular Hbond substituents is 2. The molecule has 0 aliphatic heterocycles. The van der Waals surface area contributed by atoms with Gasteiger partial charge in [0.15, 0.2) is 0 Å². The number of non-ortho nitro benzene ring substituents is 1. The van der Waals surface area contributed by atoms with Crippen molar-refractivity contribution in [1.82, 2.24) is 0 Å². The van der Waals surface area contributed by atoms with Gasteiger partial charge in [-0.2, -0.15) is 8.42 Å². The summed E-state index contributed by atoms with van der Waals surface area (Å²) >= 11 is 0. The van der Waals surface area contributed by atoms with E-state index in [4.69, 9.17) is 4.55 Å². The number of hydrogen-bond donors (Lipinski definition) is 3.